The number of amides is 3. The van der Waals surface area contributed by atoms with Gasteiger partial charge in [0.1, 0.15) is 6.04 Å². The summed E-state index contributed by atoms with van der Waals surface area (Å²) < 4.78 is 0. The van der Waals surface area contributed by atoms with Crippen molar-refractivity contribution < 1.29 is 9.59 Å². The number of nitrogens with one attached hydrogen (secondary N) is 3. The Labute approximate surface area is 280 Å². The largest absolute Gasteiger partial charge is 0.338 e. The molecule has 11 nitrogen and oxygen atoms in total. The van der Waals surface area contributed by atoms with Gasteiger partial charge in [-0.3, -0.25) is 19.6 Å². The van der Waals surface area contributed by atoms with Crippen LogP contribution in [0.5, 0.6) is 0 Å². The van der Waals surface area contributed by atoms with Crippen LogP contribution in [0, 0.1) is 6.92 Å². The maximum Gasteiger partial charge on any atom is 0.318 e. The Bertz CT molecular complexity index is 1650. The molecule has 3 N–H and O–H groups in total. The first-order chi connectivity index (χ1) is 22.8. The number of urea groups is 1. The molecule has 47 heavy (non-hydrogen) atoms. The normalized spacial score (nSPS) is 21.1. The maximum atomic E-state index is 14.1. The fraction of sp³-hybridized carbons (Fsp3) is 0.600. The highest BCUT2D eigenvalue weighted by molar-refractivity contribution is 7.99. The van der Waals surface area contributed by atoms with E-state index in [9.17, 15) is 14.4 Å². The number of H-pyrrole nitrogens is 2. The average molecular weight is 661 g/mol. The number of benzene rings is 1. The Morgan fingerprint density at radius 2 is 1.77 bits per heavy atom. The Morgan fingerprint density at radius 3 is 2.53 bits per heavy atom. The summed E-state index contributed by atoms with van der Waals surface area (Å²) in [5.74, 6) is 1.19. The number of pyridine rings is 1. The van der Waals surface area contributed by atoms with E-state index in [2.05, 4.69) is 55.5 Å². The molecule has 0 spiro atoms. The van der Waals surface area contributed by atoms with Gasteiger partial charge >= 0.3 is 6.03 Å². The molecule has 1 aromatic carbocycles. The molecule has 4 aliphatic rings. The predicted octanol–water partition coefficient (Wildman–Crippen LogP) is 3.34. The lowest BCUT2D eigenvalue weighted by Gasteiger charge is -2.43. The lowest BCUT2D eigenvalue weighted by molar-refractivity contribution is -0.135. The fourth-order valence-electron chi connectivity index (χ4n) is 8.00. The summed E-state index contributed by atoms with van der Waals surface area (Å²) in [6.45, 7) is 8.48. The molecule has 0 bridgehead atoms. The van der Waals surface area contributed by atoms with Crippen molar-refractivity contribution in [3.63, 3.8) is 0 Å². The number of carbonyl (C=O) groups is 2. The van der Waals surface area contributed by atoms with E-state index in [0.29, 0.717) is 38.6 Å². The Balaban J connectivity index is 1.02. The number of piperidine rings is 2. The zero-order valence-electron chi connectivity index (χ0n) is 27.7. The second-order valence-electron chi connectivity index (χ2n) is 14.0. The van der Waals surface area contributed by atoms with Crippen molar-refractivity contribution in [1.29, 1.82) is 0 Å². The molecule has 3 fully saturated rings. The summed E-state index contributed by atoms with van der Waals surface area (Å²) in [4.78, 5) is 53.9. The molecule has 3 amide bonds. The molecule has 0 unspecified atom stereocenters. The van der Waals surface area contributed by atoms with Gasteiger partial charge in [-0.1, -0.05) is 6.07 Å². The van der Waals surface area contributed by atoms with Gasteiger partial charge in [0, 0.05) is 73.3 Å². The number of thioether (sulfide) groups is 1. The maximum absolute atomic E-state index is 14.1. The topological polar surface area (TPSA) is 121 Å². The van der Waals surface area contributed by atoms with Crippen molar-refractivity contribution in [2.24, 2.45) is 0 Å². The van der Waals surface area contributed by atoms with Gasteiger partial charge in [-0.15, -0.1) is 11.8 Å². The van der Waals surface area contributed by atoms with E-state index >= 15 is 0 Å². The van der Waals surface area contributed by atoms with E-state index < -0.39 is 6.04 Å². The third-order valence-corrected chi connectivity index (χ3v) is 12.0. The second kappa shape index (κ2) is 14.0. The van der Waals surface area contributed by atoms with Gasteiger partial charge in [0.2, 0.25) is 5.91 Å². The minimum absolute atomic E-state index is 0.0145. The molecule has 3 aromatic rings. The van der Waals surface area contributed by atoms with Crippen LogP contribution in [0.25, 0.3) is 10.9 Å². The molecule has 7 rings (SSSR count). The number of carbonyl (C=O) groups excluding carboxylic acids is 2. The Kier molecular flexibility index (Phi) is 9.61. The van der Waals surface area contributed by atoms with E-state index in [1.165, 1.54) is 17.7 Å². The third-order valence-electron chi connectivity index (χ3n) is 10.8. The number of likely N-dealkylation sites (tertiary alicyclic amines) is 2. The molecule has 0 radical (unpaired) electrons. The highest BCUT2D eigenvalue weighted by Gasteiger charge is 2.34. The fourth-order valence-corrected chi connectivity index (χ4v) is 9.05. The van der Waals surface area contributed by atoms with Crippen LogP contribution < -0.4 is 10.9 Å². The molecule has 2 aromatic heterocycles. The number of piperazine rings is 1. The first-order valence-corrected chi connectivity index (χ1v) is 18.4. The van der Waals surface area contributed by atoms with Gasteiger partial charge < -0.3 is 25.0 Å². The molecule has 0 saturated carbocycles. The molecular formula is C35H48N8O3S. The van der Waals surface area contributed by atoms with Gasteiger partial charge in [-0.2, -0.15) is 5.10 Å². The van der Waals surface area contributed by atoms with Crippen molar-refractivity contribution in [3.8, 4) is 0 Å². The van der Waals surface area contributed by atoms with E-state index in [1.807, 2.05) is 28.5 Å². The van der Waals surface area contributed by atoms with Crippen molar-refractivity contribution in [2.75, 3.05) is 65.2 Å². The average Bonchev–Trinajstić information content (AvgIpc) is 3.57. The number of aryl methyl sites for hydroxylation is 2. The van der Waals surface area contributed by atoms with Crippen LogP contribution in [-0.2, 0) is 17.6 Å². The van der Waals surface area contributed by atoms with Gasteiger partial charge in [0.15, 0.2) is 0 Å². The van der Waals surface area contributed by atoms with Gasteiger partial charge in [0.25, 0.3) is 5.56 Å². The van der Waals surface area contributed by atoms with Crippen LogP contribution >= 0.6 is 11.8 Å². The number of nitrogens with zero attached hydrogens (tertiary/aromatic N) is 5. The summed E-state index contributed by atoms with van der Waals surface area (Å²) in [7, 11) is 2.19. The Hall–Kier alpha value is -3.35. The number of hydrogen-bond donors (Lipinski definition) is 3. The molecule has 252 valence electrons. The van der Waals surface area contributed by atoms with Crippen LogP contribution in [0.1, 0.15) is 60.4 Å². The minimum Gasteiger partial charge on any atom is -0.338 e. The van der Waals surface area contributed by atoms with Crippen molar-refractivity contribution in [3.05, 3.63) is 57.1 Å². The van der Waals surface area contributed by atoms with Crippen LogP contribution in [0.3, 0.4) is 0 Å². The first kappa shape index (κ1) is 32.2. The number of fused-ring (bicyclic) bond motifs is 2. The zero-order chi connectivity index (χ0) is 32.5. The van der Waals surface area contributed by atoms with Crippen LogP contribution in [-0.4, -0.2) is 124 Å². The van der Waals surface area contributed by atoms with Crippen LogP contribution in [0.15, 0.2) is 34.1 Å². The first-order valence-electron chi connectivity index (χ1n) is 17.4. The summed E-state index contributed by atoms with van der Waals surface area (Å²) in [5.41, 5.74) is 4.98. The zero-order valence-corrected chi connectivity index (χ0v) is 28.5. The second-order valence-corrected chi connectivity index (χ2v) is 15.1. The molecular weight excluding hydrogens is 613 g/mol. The summed E-state index contributed by atoms with van der Waals surface area (Å²) in [5, 5.41) is 11.4. The Morgan fingerprint density at radius 1 is 1.00 bits per heavy atom. The standard InChI is InChI=1S/C35H48N8O3S/c1-23-18-24(19-26-22-36-39-32(23)26)20-30(34(45)42-15-13-41(14-16-42)27-7-9-40(2)10-8-27)38-35(46)43-11-5-25(6-12-43)28-21-31-29(37-33(28)44)4-3-17-47-31/h18-19,21-22,25,27,30H,3-17,20H2,1-2H3,(H,36,39)(H,37,44)(H,38,46)/t30-/m1/s1. The smallest absolute Gasteiger partial charge is 0.318 e. The SMILES string of the molecule is Cc1cc(C[C@@H](NC(=O)N2CCC(c3cc4c([nH]c3=O)CCCS4)CC2)C(=O)N2CCN(C3CCN(C)CC3)CC2)cc2cn[nH]c12. The molecule has 4 aliphatic heterocycles. The van der Waals surface area contributed by atoms with E-state index in [0.717, 1.165) is 90.9 Å². The van der Waals surface area contributed by atoms with Gasteiger partial charge in [0.05, 0.1) is 11.7 Å². The van der Waals surface area contributed by atoms with E-state index in [1.54, 1.807) is 6.20 Å². The summed E-state index contributed by atoms with van der Waals surface area (Å²) in [6.07, 6.45) is 8.06. The highest BCUT2D eigenvalue weighted by Crippen LogP contribution is 2.33. The minimum atomic E-state index is -0.667. The predicted molar refractivity (Wildman–Crippen MR) is 185 cm³/mol. The number of hydrogen-bond acceptors (Lipinski definition) is 7. The van der Waals surface area contributed by atoms with Crippen molar-refractivity contribution in [1.82, 2.24) is 40.1 Å². The summed E-state index contributed by atoms with van der Waals surface area (Å²) >= 11 is 1.82. The monoisotopic (exact) mass is 660 g/mol. The third kappa shape index (κ3) is 7.10. The number of rotatable bonds is 6. The van der Waals surface area contributed by atoms with E-state index in [4.69, 9.17) is 0 Å². The number of aromatic nitrogens is 3. The molecule has 12 heteroatoms. The lowest BCUT2D eigenvalue weighted by atomic mass is 9.90. The van der Waals surface area contributed by atoms with Gasteiger partial charge in [-0.25, -0.2) is 4.79 Å². The van der Waals surface area contributed by atoms with Crippen LogP contribution in [0.4, 0.5) is 4.79 Å². The molecule has 1 atom stereocenters. The summed E-state index contributed by atoms with van der Waals surface area (Å²) in [6, 6.07) is 5.96. The highest BCUT2D eigenvalue weighted by atomic mass is 32.2. The van der Waals surface area contributed by atoms with Crippen molar-refractivity contribution >= 4 is 34.6 Å². The number of aromatic amines is 2. The molecule has 6 heterocycles. The van der Waals surface area contributed by atoms with E-state index in [-0.39, 0.29) is 23.4 Å². The van der Waals surface area contributed by atoms with Crippen molar-refractivity contribution in [2.45, 2.75) is 74.8 Å². The van der Waals surface area contributed by atoms with Crippen LogP contribution in [0.2, 0.25) is 0 Å². The van der Waals surface area contributed by atoms with Gasteiger partial charge in [-0.05, 0) is 101 Å². The lowest BCUT2D eigenvalue weighted by Crippen LogP contribution is -2.59. The quantitative estimate of drug-likeness (QED) is 0.371. The molecule has 3 saturated heterocycles. The molecule has 0 aliphatic carbocycles.